The number of carboxylic acid groups (broad SMARTS) is 1. The average Bonchev–Trinajstić information content (AvgIpc) is 3.82. The molecule has 7 N–H and O–H groups in total. The summed E-state index contributed by atoms with van der Waals surface area (Å²) in [5.74, 6) is 0.684. The van der Waals surface area contributed by atoms with E-state index in [1.54, 1.807) is 25.7 Å². The summed E-state index contributed by atoms with van der Waals surface area (Å²) < 4.78 is 12.4. The topological polar surface area (TPSA) is 237 Å². The van der Waals surface area contributed by atoms with E-state index in [1.807, 2.05) is 36.1 Å². The Kier molecular flexibility index (Phi) is 13.3. The van der Waals surface area contributed by atoms with Crippen molar-refractivity contribution in [3.05, 3.63) is 35.4 Å². The Hall–Kier alpha value is -3.56. The summed E-state index contributed by atoms with van der Waals surface area (Å²) in [6, 6.07) is 8.37. The Morgan fingerprint density at radius 3 is 2.16 bits per heavy atom. The molecule has 58 heavy (non-hydrogen) atoms. The first-order valence-electron chi connectivity index (χ1n) is 20.8. The second-order valence-electron chi connectivity index (χ2n) is 18.8. The summed E-state index contributed by atoms with van der Waals surface area (Å²) in [6.07, 6.45) is -1.84. The van der Waals surface area contributed by atoms with Gasteiger partial charge < -0.3 is 55.2 Å². The van der Waals surface area contributed by atoms with Gasteiger partial charge in [0.1, 0.15) is 36.0 Å². The van der Waals surface area contributed by atoms with E-state index in [9.17, 15) is 45.2 Å². The molecule has 3 amide bonds. The van der Waals surface area contributed by atoms with Crippen molar-refractivity contribution in [3.8, 4) is 6.07 Å². The molecule has 6 aliphatic rings. The zero-order valence-corrected chi connectivity index (χ0v) is 34.2. The molecule has 1 aromatic carbocycles. The van der Waals surface area contributed by atoms with Crippen LogP contribution in [0.3, 0.4) is 0 Å². The van der Waals surface area contributed by atoms with Gasteiger partial charge in [0.25, 0.3) is 0 Å². The molecule has 0 aromatic heterocycles. The molecular formula is C42H63N5O11. The monoisotopic (exact) mass is 813 g/mol. The Labute approximate surface area is 340 Å². The minimum atomic E-state index is -1.70. The number of hydrogen-bond acceptors (Lipinski definition) is 12. The number of carbonyl (C=O) groups is 3. The molecule has 10 atom stereocenters. The minimum absolute atomic E-state index is 0.00370. The van der Waals surface area contributed by atoms with Crippen LogP contribution in [0.4, 0.5) is 9.59 Å². The number of amides is 3. The van der Waals surface area contributed by atoms with Crippen molar-refractivity contribution >= 4 is 18.1 Å². The van der Waals surface area contributed by atoms with Gasteiger partial charge in [-0.15, -0.1) is 0 Å². The first-order chi connectivity index (χ1) is 27.4. The van der Waals surface area contributed by atoms with Crippen molar-refractivity contribution in [2.45, 2.75) is 146 Å². The van der Waals surface area contributed by atoms with Crippen molar-refractivity contribution < 1.29 is 54.5 Å². The maximum absolute atomic E-state index is 14.6. The smallest absolute Gasteiger partial charge is 0.408 e. The number of alkyl carbamates (subject to hydrolysis) is 1. The van der Waals surface area contributed by atoms with Crippen LogP contribution < -0.4 is 5.32 Å². The number of hydrogen-bond donors (Lipinski definition) is 7. The lowest BCUT2D eigenvalue weighted by atomic mass is 9.46. The van der Waals surface area contributed by atoms with Crippen molar-refractivity contribution in [2.24, 2.45) is 23.2 Å². The van der Waals surface area contributed by atoms with Crippen molar-refractivity contribution in [1.82, 2.24) is 20.0 Å². The van der Waals surface area contributed by atoms with Gasteiger partial charge in [-0.2, -0.15) is 5.26 Å². The molecule has 1 heterocycles. The number of fused-ring (bicyclic) bond motifs is 1. The maximum atomic E-state index is 14.6. The molecule has 1 aromatic rings. The fourth-order valence-corrected chi connectivity index (χ4v) is 10.8. The standard InChI is InChI=1S/C42H63N5O11/c1-5-45(22-32(49)34(51)35(52)33(50)23-48)20-25-6-8-26(9-7-25)21-46(39(55)56)10-11-57-42-17-27-12-28(18-42)16-41(15-27,24-42)36(44-38(54)58-40(2,3)4)37(53)47-30(19-43)13-29-14-31(29)47/h6-9,27-36,48-52H,5,10-18,20-24H2,1-4H3,(H,44,54)(H,55,56)/t27-,28-,29+,30-,31-,32-,33+,34+,35+,36+,41-,42+/m0/s1. The molecule has 0 radical (unpaired) electrons. The molecule has 6 fully saturated rings. The van der Waals surface area contributed by atoms with E-state index in [-0.39, 0.29) is 50.0 Å². The van der Waals surface area contributed by atoms with Gasteiger partial charge >= 0.3 is 12.2 Å². The number of carbonyl (C=O) groups excluding carboxylic acids is 2. The second-order valence-corrected chi connectivity index (χ2v) is 18.8. The van der Waals surface area contributed by atoms with Gasteiger partial charge in [-0.05, 0) is 108 Å². The van der Waals surface area contributed by atoms with E-state index in [4.69, 9.17) is 14.6 Å². The highest BCUT2D eigenvalue weighted by molar-refractivity contribution is 5.88. The van der Waals surface area contributed by atoms with E-state index in [0.717, 1.165) is 49.7 Å². The molecule has 1 aliphatic heterocycles. The largest absolute Gasteiger partial charge is 0.465 e. The maximum Gasteiger partial charge on any atom is 0.408 e. The van der Waals surface area contributed by atoms with Gasteiger partial charge in [0.05, 0.1) is 31.0 Å². The van der Waals surface area contributed by atoms with Crippen LogP contribution in [0.1, 0.15) is 90.2 Å². The number of aliphatic hydroxyl groups is 5. The first-order valence-corrected chi connectivity index (χ1v) is 20.8. The van der Waals surface area contributed by atoms with E-state index in [1.165, 1.54) is 4.90 Å². The van der Waals surface area contributed by atoms with Crippen LogP contribution in [-0.2, 0) is 27.4 Å². The lowest BCUT2D eigenvalue weighted by Gasteiger charge is -2.63. The second kappa shape index (κ2) is 17.6. The first kappa shape index (κ1) is 44.0. The van der Waals surface area contributed by atoms with Crippen LogP contribution >= 0.6 is 0 Å². The fourth-order valence-electron chi connectivity index (χ4n) is 10.8. The molecule has 1 saturated heterocycles. The summed E-state index contributed by atoms with van der Waals surface area (Å²) in [7, 11) is 0. The highest BCUT2D eigenvalue weighted by atomic mass is 16.6. The van der Waals surface area contributed by atoms with Crippen molar-refractivity contribution in [3.63, 3.8) is 0 Å². The number of nitriles is 1. The zero-order valence-electron chi connectivity index (χ0n) is 34.2. The molecule has 16 nitrogen and oxygen atoms in total. The van der Waals surface area contributed by atoms with E-state index in [2.05, 4.69) is 11.4 Å². The summed E-state index contributed by atoms with van der Waals surface area (Å²) in [5, 5.41) is 72.5. The summed E-state index contributed by atoms with van der Waals surface area (Å²) in [6.45, 7) is 7.80. The third-order valence-corrected chi connectivity index (χ3v) is 13.1. The lowest BCUT2D eigenvalue weighted by Crippen LogP contribution is -2.67. The summed E-state index contributed by atoms with van der Waals surface area (Å²) >= 11 is 0. The van der Waals surface area contributed by atoms with Crippen molar-refractivity contribution in [2.75, 3.05) is 32.8 Å². The van der Waals surface area contributed by atoms with Gasteiger partial charge in [-0.25, -0.2) is 9.59 Å². The SMILES string of the molecule is CCN(Cc1ccc(CN(CCO[C@]23C[C@H]4C[C@H](C2)C[C@@]([C@H](NC(=O)OC(C)(C)C)C(=O)N2[C@H](C#N)C[C@@H]5C[C@@H]52)(C4)C3)C(=O)O)cc1)C[C@H](O)[C@@H](O)[C@H](O)[C@H](O)CO. The number of rotatable bonds is 18. The molecule has 16 heteroatoms. The molecular weight excluding hydrogens is 750 g/mol. The Morgan fingerprint density at radius 1 is 0.966 bits per heavy atom. The number of aliphatic hydroxyl groups excluding tert-OH is 5. The van der Waals surface area contributed by atoms with E-state index < -0.39 is 71.9 Å². The molecule has 322 valence electrons. The number of piperidine rings is 1. The van der Waals surface area contributed by atoms with Crippen molar-refractivity contribution in [1.29, 1.82) is 5.26 Å². The molecule has 4 bridgehead atoms. The van der Waals surface area contributed by atoms with Crippen LogP contribution in [0.5, 0.6) is 0 Å². The molecule has 5 saturated carbocycles. The Balaban J connectivity index is 1.09. The van der Waals surface area contributed by atoms with Crippen LogP contribution in [0.15, 0.2) is 24.3 Å². The Bertz CT molecular complexity index is 1650. The molecule has 0 spiro atoms. The predicted octanol–water partition coefficient (Wildman–Crippen LogP) is 2.19. The summed E-state index contributed by atoms with van der Waals surface area (Å²) in [5.41, 5.74) is -0.278. The highest BCUT2D eigenvalue weighted by Crippen LogP contribution is 2.64. The molecule has 7 rings (SSSR count). The van der Waals surface area contributed by atoms with E-state index >= 15 is 0 Å². The van der Waals surface area contributed by atoms with E-state index in [0.29, 0.717) is 31.8 Å². The van der Waals surface area contributed by atoms with Gasteiger partial charge in [-0.1, -0.05) is 31.2 Å². The Morgan fingerprint density at radius 2 is 1.59 bits per heavy atom. The number of nitrogens with zero attached hydrogens (tertiary/aromatic N) is 4. The van der Waals surface area contributed by atoms with Crippen LogP contribution in [0.2, 0.25) is 0 Å². The quantitative estimate of drug-likeness (QED) is 0.113. The summed E-state index contributed by atoms with van der Waals surface area (Å²) in [4.78, 5) is 45.3. The fraction of sp³-hybridized carbons (Fsp3) is 0.762. The average molecular weight is 814 g/mol. The molecule has 5 aliphatic carbocycles. The number of nitrogens with one attached hydrogen (secondary N) is 1. The van der Waals surface area contributed by atoms with Crippen LogP contribution in [0, 0.1) is 34.5 Å². The minimum Gasteiger partial charge on any atom is -0.465 e. The van der Waals surface area contributed by atoms with Gasteiger partial charge in [-0.3, -0.25) is 9.69 Å². The number of likely N-dealkylation sites (tertiary alicyclic amines) is 1. The normalized spacial score (nSPS) is 30.8. The lowest BCUT2D eigenvalue weighted by molar-refractivity contribution is -0.203. The predicted molar refractivity (Wildman–Crippen MR) is 209 cm³/mol. The third-order valence-electron chi connectivity index (χ3n) is 13.1. The number of benzene rings is 1. The zero-order chi connectivity index (χ0) is 42.2. The van der Waals surface area contributed by atoms with Gasteiger partial charge in [0.15, 0.2) is 0 Å². The third kappa shape index (κ3) is 9.89. The highest BCUT2D eigenvalue weighted by Gasteiger charge is 2.64. The van der Waals surface area contributed by atoms with Gasteiger partial charge in [0.2, 0.25) is 5.91 Å². The number of ether oxygens (including phenoxy) is 2. The molecule has 0 unspecified atom stereocenters. The van der Waals surface area contributed by atoms with Crippen LogP contribution in [0.25, 0.3) is 0 Å². The van der Waals surface area contributed by atoms with Gasteiger partial charge in [0, 0.05) is 37.6 Å². The number of likely N-dealkylation sites (N-methyl/N-ethyl adjacent to an activating group) is 1. The van der Waals surface area contributed by atoms with Crippen LogP contribution in [-0.4, -0.2) is 150 Å².